The molecule has 0 aliphatic carbocycles. The van der Waals surface area contributed by atoms with Gasteiger partial charge < -0.3 is 25.2 Å². The van der Waals surface area contributed by atoms with Crippen molar-refractivity contribution in [1.82, 2.24) is 9.97 Å². The third kappa shape index (κ3) is 7.32. The molecule has 0 unspecified atom stereocenters. The summed E-state index contributed by atoms with van der Waals surface area (Å²) in [6.07, 6.45) is 7.20. The van der Waals surface area contributed by atoms with Crippen molar-refractivity contribution in [2.24, 2.45) is 0 Å². The highest BCUT2D eigenvalue weighted by Gasteiger charge is 2.08. The summed E-state index contributed by atoms with van der Waals surface area (Å²) >= 11 is 0. The highest BCUT2D eigenvalue weighted by Crippen LogP contribution is 2.24. The molecule has 1 amide bonds. The van der Waals surface area contributed by atoms with Gasteiger partial charge in [-0.2, -0.15) is 0 Å². The normalized spacial score (nSPS) is 14.9. The number of aromatic nitrogens is 2. The van der Waals surface area contributed by atoms with E-state index in [9.17, 15) is 9.59 Å². The second kappa shape index (κ2) is 11.7. The Kier molecular flexibility index (Phi) is 7.95. The number of nitrogens with one attached hydrogen (secondary N) is 2. The number of fused-ring (bicyclic) bond motifs is 7. The maximum atomic E-state index is 12.1. The number of hydrogen-bond donors (Lipinski definition) is 3. The first kappa shape index (κ1) is 23.8. The Labute approximate surface area is 202 Å². The third-order valence-electron chi connectivity index (χ3n) is 4.90. The van der Waals surface area contributed by atoms with Crippen molar-refractivity contribution in [1.29, 1.82) is 0 Å². The summed E-state index contributed by atoms with van der Waals surface area (Å²) in [5.41, 5.74) is 4.62. The predicted molar refractivity (Wildman–Crippen MR) is 131 cm³/mol. The standard InChI is InChI=1S/C26H24N4O5/c31-24(6-7-25(32)33)28-21-13-19-14-22(15-21)29-26-27-9-8-23(30-26)20-5-3-4-18(12-20)16-34-10-1-2-11-35-17-19/h1-9,12-15H,10-11,16-17H2,(H,28,31)(H,32,33)(H,27,29,30)/b2-1+,7-6+. The first-order valence-corrected chi connectivity index (χ1v) is 10.9. The van der Waals surface area contributed by atoms with Crippen LogP contribution in [0.5, 0.6) is 0 Å². The Hall–Kier alpha value is -4.34. The number of anilines is 3. The van der Waals surface area contributed by atoms with E-state index in [0.29, 0.717) is 43.8 Å². The number of aliphatic carboxylic acids is 1. The van der Waals surface area contributed by atoms with Gasteiger partial charge in [-0.25, -0.2) is 14.8 Å². The number of rotatable bonds is 3. The lowest BCUT2D eigenvalue weighted by atomic mass is 10.1. The van der Waals surface area contributed by atoms with Gasteiger partial charge in [0.1, 0.15) is 0 Å². The zero-order valence-corrected chi connectivity index (χ0v) is 18.8. The Bertz CT molecular complexity index is 1270. The van der Waals surface area contributed by atoms with Crippen molar-refractivity contribution in [3.8, 4) is 11.3 Å². The second-order valence-electron chi connectivity index (χ2n) is 7.67. The number of nitrogens with zero attached hydrogens (tertiary/aromatic N) is 2. The topological polar surface area (TPSA) is 123 Å². The maximum absolute atomic E-state index is 12.1. The van der Waals surface area contributed by atoms with E-state index in [2.05, 4.69) is 20.6 Å². The van der Waals surface area contributed by atoms with Gasteiger partial charge in [0, 0.05) is 35.3 Å². The first-order chi connectivity index (χ1) is 17.0. The Balaban J connectivity index is 1.65. The summed E-state index contributed by atoms with van der Waals surface area (Å²) in [4.78, 5) is 31.8. The lowest BCUT2D eigenvalue weighted by Gasteiger charge is -2.12. The average Bonchev–Trinajstić information content (AvgIpc) is 2.84. The van der Waals surface area contributed by atoms with Crippen molar-refractivity contribution < 1.29 is 24.2 Å². The van der Waals surface area contributed by atoms with Crippen molar-refractivity contribution in [3.63, 3.8) is 0 Å². The summed E-state index contributed by atoms with van der Waals surface area (Å²) in [6, 6.07) is 15.1. The van der Waals surface area contributed by atoms with Gasteiger partial charge in [-0.15, -0.1) is 0 Å². The molecule has 9 heteroatoms. The fourth-order valence-corrected chi connectivity index (χ4v) is 3.41. The van der Waals surface area contributed by atoms with Crippen LogP contribution in [0.4, 0.5) is 17.3 Å². The summed E-state index contributed by atoms with van der Waals surface area (Å²) in [6.45, 7) is 1.63. The summed E-state index contributed by atoms with van der Waals surface area (Å²) in [5.74, 6) is -1.38. The van der Waals surface area contributed by atoms with Crippen LogP contribution in [0.1, 0.15) is 11.1 Å². The van der Waals surface area contributed by atoms with Crippen LogP contribution in [-0.2, 0) is 32.3 Å². The molecule has 35 heavy (non-hydrogen) atoms. The second-order valence-corrected chi connectivity index (χ2v) is 7.67. The highest BCUT2D eigenvalue weighted by molar-refractivity contribution is 6.02. The number of carboxylic acids is 1. The van der Waals surface area contributed by atoms with E-state index in [1.54, 1.807) is 18.3 Å². The molecule has 0 saturated heterocycles. The molecule has 1 aromatic heterocycles. The van der Waals surface area contributed by atoms with E-state index in [-0.39, 0.29) is 0 Å². The number of amides is 1. The third-order valence-corrected chi connectivity index (χ3v) is 4.90. The van der Waals surface area contributed by atoms with Crippen molar-refractivity contribution >= 4 is 29.2 Å². The Morgan fingerprint density at radius 1 is 0.971 bits per heavy atom. The minimum absolute atomic E-state index is 0.292. The largest absolute Gasteiger partial charge is 0.478 e. The van der Waals surface area contributed by atoms with E-state index < -0.39 is 11.9 Å². The van der Waals surface area contributed by atoms with Gasteiger partial charge in [0.15, 0.2) is 0 Å². The molecule has 178 valence electrons. The van der Waals surface area contributed by atoms with E-state index in [4.69, 9.17) is 14.6 Å². The molecule has 0 radical (unpaired) electrons. The molecule has 0 fully saturated rings. The van der Waals surface area contributed by atoms with Crippen molar-refractivity contribution in [2.45, 2.75) is 13.2 Å². The van der Waals surface area contributed by atoms with Gasteiger partial charge >= 0.3 is 5.97 Å². The number of benzene rings is 2. The molecule has 3 N–H and O–H groups in total. The van der Waals surface area contributed by atoms with Crippen molar-refractivity contribution in [2.75, 3.05) is 23.8 Å². The zero-order valence-electron chi connectivity index (χ0n) is 18.8. The molecule has 0 atom stereocenters. The van der Waals surface area contributed by atoms with Gasteiger partial charge in [0.25, 0.3) is 0 Å². The summed E-state index contributed by atoms with van der Waals surface area (Å²) < 4.78 is 11.5. The van der Waals surface area contributed by atoms with Gasteiger partial charge in [-0.1, -0.05) is 30.4 Å². The van der Waals surface area contributed by atoms with E-state index in [1.807, 2.05) is 48.6 Å². The molecule has 0 spiro atoms. The first-order valence-electron chi connectivity index (χ1n) is 10.9. The number of carbonyl (C=O) groups excluding carboxylic acids is 1. The van der Waals surface area contributed by atoms with Crippen LogP contribution in [0.15, 0.2) is 79.0 Å². The average molecular weight is 473 g/mol. The monoisotopic (exact) mass is 472 g/mol. The Morgan fingerprint density at radius 3 is 2.57 bits per heavy atom. The number of hydrogen-bond acceptors (Lipinski definition) is 7. The molecule has 4 rings (SSSR count). The maximum Gasteiger partial charge on any atom is 0.328 e. The van der Waals surface area contributed by atoms with Crippen LogP contribution >= 0.6 is 0 Å². The van der Waals surface area contributed by atoms with E-state index >= 15 is 0 Å². The fraction of sp³-hybridized carbons (Fsp3) is 0.154. The molecule has 2 aromatic carbocycles. The fourth-order valence-electron chi connectivity index (χ4n) is 3.41. The minimum atomic E-state index is -1.20. The lowest BCUT2D eigenvalue weighted by molar-refractivity contribution is -0.131. The van der Waals surface area contributed by atoms with Gasteiger partial charge in [0.2, 0.25) is 11.9 Å². The van der Waals surface area contributed by atoms with Crippen LogP contribution in [0, 0.1) is 0 Å². The SMILES string of the molecule is O=C(O)/C=C/C(=O)Nc1cc2cc(c1)Nc1nccc(n1)-c1cccc(c1)COC/C=C/COC2. The molecule has 2 heterocycles. The van der Waals surface area contributed by atoms with Crippen LogP contribution in [-0.4, -0.2) is 40.2 Å². The Morgan fingerprint density at radius 2 is 1.77 bits per heavy atom. The molecule has 0 saturated carbocycles. The highest BCUT2D eigenvalue weighted by atomic mass is 16.5. The molecular weight excluding hydrogens is 448 g/mol. The molecule has 6 bridgehead atoms. The summed E-state index contributed by atoms with van der Waals surface area (Å²) in [7, 11) is 0. The molecular formula is C26H24N4O5. The van der Waals surface area contributed by atoms with Crippen molar-refractivity contribution in [3.05, 3.63) is 90.2 Å². The van der Waals surface area contributed by atoms with Gasteiger partial charge in [-0.3, -0.25) is 4.79 Å². The van der Waals surface area contributed by atoms with E-state index in [0.717, 1.165) is 34.5 Å². The lowest BCUT2D eigenvalue weighted by Crippen LogP contribution is -2.10. The van der Waals surface area contributed by atoms with Gasteiger partial charge in [-0.05, 0) is 41.5 Å². The number of carboxylic acid groups (broad SMARTS) is 1. The summed E-state index contributed by atoms with van der Waals surface area (Å²) in [5, 5.41) is 14.6. The van der Waals surface area contributed by atoms with Gasteiger partial charge in [0.05, 0.1) is 32.1 Å². The van der Waals surface area contributed by atoms with Crippen LogP contribution in [0.25, 0.3) is 11.3 Å². The molecule has 1 aliphatic rings. The molecule has 1 aliphatic heterocycles. The minimum Gasteiger partial charge on any atom is -0.478 e. The zero-order chi connectivity index (χ0) is 24.5. The van der Waals surface area contributed by atoms with Crippen LogP contribution in [0.3, 0.4) is 0 Å². The quantitative estimate of drug-likeness (QED) is 0.385. The van der Waals surface area contributed by atoms with Crippen LogP contribution in [0.2, 0.25) is 0 Å². The number of ether oxygens (including phenoxy) is 2. The van der Waals surface area contributed by atoms with Crippen LogP contribution < -0.4 is 10.6 Å². The predicted octanol–water partition coefficient (Wildman–Crippen LogP) is 4.07. The number of carbonyl (C=O) groups is 2. The molecule has 9 nitrogen and oxygen atoms in total. The molecule has 3 aromatic rings. The van der Waals surface area contributed by atoms with E-state index in [1.165, 1.54) is 0 Å². The smallest absolute Gasteiger partial charge is 0.328 e.